The van der Waals surface area contributed by atoms with Gasteiger partial charge in [0, 0.05) is 0 Å². The summed E-state index contributed by atoms with van der Waals surface area (Å²) in [5, 5.41) is 5.95. The Kier molecular flexibility index (Phi) is 2.08. The van der Waals surface area contributed by atoms with Gasteiger partial charge >= 0.3 is 6.18 Å². The number of nitrogens with zero attached hydrogens (tertiary/aromatic N) is 3. The Morgan fingerprint density at radius 2 is 1.91 bits per heavy atom. The van der Waals surface area contributed by atoms with E-state index in [1.54, 1.807) is 0 Å². The minimum atomic E-state index is -4.52. The third kappa shape index (κ3) is 2.11. The van der Waals surface area contributed by atoms with Gasteiger partial charge in [-0.2, -0.15) is 13.2 Å². The number of halogens is 4. The molecule has 0 N–H and O–H groups in total. The molecule has 0 aliphatic heterocycles. The lowest BCUT2D eigenvalue weighted by Gasteiger charge is -2.01. The number of hydrogen-bond acceptors (Lipinski definition) is 3. The van der Waals surface area contributed by atoms with E-state index in [1.165, 1.54) is 0 Å². The first-order chi connectivity index (χ1) is 5.00. The van der Waals surface area contributed by atoms with Crippen LogP contribution >= 0.6 is 15.9 Å². The number of alkyl halides is 3. The van der Waals surface area contributed by atoms with E-state index in [4.69, 9.17) is 0 Å². The molecule has 0 unspecified atom stereocenters. The zero-order valence-corrected chi connectivity index (χ0v) is 6.52. The number of aromatic nitrogens is 3. The van der Waals surface area contributed by atoms with E-state index in [0.717, 1.165) is 6.20 Å². The fourth-order valence-electron chi connectivity index (χ4n) is 0.391. The smallest absolute Gasteiger partial charge is 0.229 e. The molecule has 1 rings (SSSR count). The normalized spacial score (nSPS) is 11.6. The lowest BCUT2D eigenvalue weighted by atomic mass is 10.6. The average molecular weight is 228 g/mol. The Morgan fingerprint density at radius 3 is 2.27 bits per heavy atom. The minimum absolute atomic E-state index is 0.172. The lowest BCUT2D eigenvalue weighted by Crippen LogP contribution is -2.11. The molecule has 7 heteroatoms. The predicted octanol–water partition coefficient (Wildman–Crippen LogP) is 1.65. The first-order valence-electron chi connectivity index (χ1n) is 2.42. The summed E-state index contributed by atoms with van der Waals surface area (Å²) in [6, 6.07) is 0. The maximum atomic E-state index is 11.7. The fourth-order valence-corrected chi connectivity index (χ4v) is 0.573. The van der Waals surface area contributed by atoms with Gasteiger partial charge in [-0.1, -0.05) is 0 Å². The molecule has 3 nitrogen and oxygen atoms in total. The Labute approximate surface area is 67.8 Å². The van der Waals surface area contributed by atoms with E-state index < -0.39 is 12.0 Å². The molecule has 0 radical (unpaired) electrons. The summed E-state index contributed by atoms with van der Waals surface area (Å²) in [6.45, 7) is 0. The molecule has 0 amide bonds. The zero-order chi connectivity index (χ0) is 8.48. The van der Waals surface area contributed by atoms with Crippen molar-refractivity contribution in [1.29, 1.82) is 0 Å². The van der Waals surface area contributed by atoms with Crippen molar-refractivity contribution < 1.29 is 13.2 Å². The van der Waals surface area contributed by atoms with Gasteiger partial charge in [-0.3, -0.25) is 0 Å². The van der Waals surface area contributed by atoms with E-state index >= 15 is 0 Å². The summed E-state index contributed by atoms with van der Waals surface area (Å²) in [5.41, 5.74) is 0. The van der Waals surface area contributed by atoms with Gasteiger partial charge in [0.2, 0.25) is 0 Å². The second-order valence-corrected chi connectivity index (χ2v) is 2.41. The molecule has 60 valence electrons. The van der Waals surface area contributed by atoms with E-state index in [2.05, 4.69) is 31.1 Å². The molecule has 0 atom stereocenters. The van der Waals surface area contributed by atoms with Crippen molar-refractivity contribution in [2.24, 2.45) is 0 Å². The number of hydrogen-bond donors (Lipinski definition) is 0. The van der Waals surface area contributed by atoms with Gasteiger partial charge < -0.3 is 0 Å². The second-order valence-electron chi connectivity index (χ2n) is 1.60. The van der Waals surface area contributed by atoms with Crippen LogP contribution in [0.25, 0.3) is 0 Å². The van der Waals surface area contributed by atoms with Crippen LogP contribution in [0.3, 0.4) is 0 Å². The molecule has 0 saturated heterocycles. The third-order valence-electron chi connectivity index (χ3n) is 0.787. The molecule has 0 bridgehead atoms. The van der Waals surface area contributed by atoms with Crippen LogP contribution in [0.1, 0.15) is 5.82 Å². The largest absolute Gasteiger partial charge is 0.453 e. The summed E-state index contributed by atoms with van der Waals surface area (Å²) in [5.74, 6) is -1.24. The Bertz CT molecular complexity index is 244. The Balaban J connectivity index is 2.99. The third-order valence-corrected chi connectivity index (χ3v) is 1.15. The molecule has 1 heterocycles. The molecule has 0 spiro atoms. The van der Waals surface area contributed by atoms with Crippen molar-refractivity contribution in [2.45, 2.75) is 6.18 Å². The molecular formula is C4HBrF3N3. The van der Waals surface area contributed by atoms with E-state index in [0.29, 0.717) is 0 Å². The molecule has 0 aliphatic carbocycles. The summed E-state index contributed by atoms with van der Waals surface area (Å²) in [4.78, 5) is 3.00. The van der Waals surface area contributed by atoms with Crippen LogP contribution in [0.5, 0.6) is 0 Å². The zero-order valence-electron chi connectivity index (χ0n) is 4.93. The molecule has 1 aromatic heterocycles. The van der Waals surface area contributed by atoms with Crippen LogP contribution in [0.15, 0.2) is 10.8 Å². The van der Waals surface area contributed by atoms with Gasteiger partial charge in [0.15, 0.2) is 0 Å². The highest BCUT2D eigenvalue weighted by atomic mass is 79.9. The molecular weight excluding hydrogens is 227 g/mol. The van der Waals surface area contributed by atoms with Gasteiger partial charge in [-0.15, -0.1) is 10.2 Å². The highest BCUT2D eigenvalue weighted by molar-refractivity contribution is 9.10. The van der Waals surface area contributed by atoms with Gasteiger partial charge in [-0.05, 0) is 15.9 Å². The van der Waals surface area contributed by atoms with Crippen molar-refractivity contribution in [1.82, 2.24) is 15.2 Å². The maximum absolute atomic E-state index is 11.7. The van der Waals surface area contributed by atoms with Crippen molar-refractivity contribution >= 4 is 15.9 Å². The Morgan fingerprint density at radius 1 is 1.27 bits per heavy atom. The molecule has 0 aromatic carbocycles. The molecule has 0 saturated carbocycles. The van der Waals surface area contributed by atoms with Crippen LogP contribution in [0.4, 0.5) is 13.2 Å². The van der Waals surface area contributed by atoms with Crippen LogP contribution in [-0.2, 0) is 6.18 Å². The summed E-state index contributed by atoms with van der Waals surface area (Å²) in [6.07, 6.45) is -3.58. The van der Waals surface area contributed by atoms with Gasteiger partial charge in [0.1, 0.15) is 4.60 Å². The van der Waals surface area contributed by atoms with Crippen LogP contribution < -0.4 is 0 Å². The molecule has 0 fully saturated rings. The Hall–Kier alpha value is -0.720. The van der Waals surface area contributed by atoms with E-state index in [1.807, 2.05) is 0 Å². The quantitative estimate of drug-likeness (QED) is 0.677. The SMILES string of the molecule is FC(F)(F)c1ncc(Br)nn1. The van der Waals surface area contributed by atoms with Crippen molar-refractivity contribution in [2.75, 3.05) is 0 Å². The fraction of sp³-hybridized carbons (Fsp3) is 0.250. The van der Waals surface area contributed by atoms with Gasteiger partial charge in [0.05, 0.1) is 6.20 Å². The summed E-state index contributed by atoms with van der Waals surface area (Å²) in [7, 11) is 0. The highest BCUT2D eigenvalue weighted by Crippen LogP contribution is 2.24. The van der Waals surface area contributed by atoms with Crippen molar-refractivity contribution in [3.63, 3.8) is 0 Å². The van der Waals surface area contributed by atoms with Crippen LogP contribution in [0.2, 0.25) is 0 Å². The highest BCUT2D eigenvalue weighted by Gasteiger charge is 2.34. The monoisotopic (exact) mass is 227 g/mol. The first-order valence-corrected chi connectivity index (χ1v) is 3.22. The van der Waals surface area contributed by atoms with Crippen molar-refractivity contribution in [3.8, 4) is 0 Å². The standard InChI is InChI=1S/C4HBrF3N3/c5-2-1-9-3(11-10-2)4(6,7)8/h1H. The van der Waals surface area contributed by atoms with Crippen molar-refractivity contribution in [3.05, 3.63) is 16.6 Å². The predicted molar refractivity (Wildman–Crippen MR) is 32.5 cm³/mol. The maximum Gasteiger partial charge on any atom is 0.453 e. The molecule has 1 aromatic rings. The first kappa shape index (κ1) is 8.38. The van der Waals surface area contributed by atoms with Crippen LogP contribution in [0, 0.1) is 0 Å². The van der Waals surface area contributed by atoms with Crippen LogP contribution in [-0.4, -0.2) is 15.2 Å². The summed E-state index contributed by atoms with van der Waals surface area (Å²) >= 11 is 2.81. The number of rotatable bonds is 0. The van der Waals surface area contributed by atoms with Gasteiger partial charge in [-0.25, -0.2) is 4.98 Å². The van der Waals surface area contributed by atoms with E-state index in [-0.39, 0.29) is 4.60 Å². The van der Waals surface area contributed by atoms with Gasteiger partial charge in [0.25, 0.3) is 5.82 Å². The lowest BCUT2D eigenvalue weighted by molar-refractivity contribution is -0.145. The van der Waals surface area contributed by atoms with E-state index in [9.17, 15) is 13.2 Å². The summed E-state index contributed by atoms with van der Waals surface area (Å²) < 4.78 is 35.4. The molecule has 0 aliphatic rings. The topological polar surface area (TPSA) is 38.7 Å². The second kappa shape index (κ2) is 2.72. The molecule has 11 heavy (non-hydrogen) atoms. The average Bonchev–Trinajstić information content (AvgIpc) is 1.86. The minimum Gasteiger partial charge on any atom is -0.229 e.